The number of likely N-dealkylation sites (N-methyl/N-ethyl adjacent to an activating group) is 1. The van der Waals surface area contributed by atoms with E-state index in [0.29, 0.717) is 11.3 Å². The number of nitrogens with one attached hydrogen (secondary N) is 1. The molecule has 0 aliphatic carbocycles. The predicted octanol–water partition coefficient (Wildman–Crippen LogP) is 1.45. The van der Waals surface area contributed by atoms with Gasteiger partial charge in [-0.15, -0.1) is 0 Å². The number of carbonyl (C=O) groups excluding carboxylic acids is 3. The van der Waals surface area contributed by atoms with E-state index < -0.39 is 41.9 Å². The molecular weight excluding hydrogens is 520 g/mol. The first-order valence-electron chi connectivity index (χ1n) is 11.8. The normalized spacial score (nSPS) is 12.7. The van der Waals surface area contributed by atoms with Crippen LogP contribution in [0.2, 0.25) is 0 Å². The Morgan fingerprint density at radius 1 is 1.16 bits per heavy atom. The van der Waals surface area contributed by atoms with Gasteiger partial charge in [0.2, 0.25) is 5.91 Å². The number of oxime groups is 1. The summed E-state index contributed by atoms with van der Waals surface area (Å²) in [6.45, 7) is 2.24. The highest BCUT2D eigenvalue weighted by atomic mass is 32.2. The number of imide groups is 1. The first kappa shape index (κ1) is 32.4. The van der Waals surface area contributed by atoms with E-state index in [0.717, 1.165) is 30.8 Å². The fraction of sp³-hybridized carbons (Fsp3) is 0.500. The number of ether oxygens (including phenoxy) is 1. The number of thioether (sulfide) groups is 1. The quantitative estimate of drug-likeness (QED) is 0.0940. The number of aliphatic carboxylic acids is 1. The van der Waals surface area contributed by atoms with Gasteiger partial charge in [-0.2, -0.15) is 11.8 Å². The number of esters is 1. The molecule has 3 amide bonds. The number of amides is 3. The molecule has 2 atom stereocenters. The topological polar surface area (TPSA) is 198 Å². The molecule has 210 valence electrons. The van der Waals surface area contributed by atoms with E-state index in [1.165, 1.54) is 0 Å². The standard InChI is InChI=1S/C24H34N4O9S/c1-3-4-12-36-23(33)19(27-37-13-16-8-6-5-7-9-16)15-38-14-18(21(30)28(2)24(34)35)26-20(29)11-10-17(25)22(31)32/h5-9,17-18H,3-4,10-15,25H2,1-2H3,(H,26,29)(H,31,32)(H,34,35). The number of carboxylic acid groups (broad SMARTS) is 2. The molecule has 38 heavy (non-hydrogen) atoms. The summed E-state index contributed by atoms with van der Waals surface area (Å²) < 4.78 is 5.21. The van der Waals surface area contributed by atoms with E-state index in [-0.39, 0.29) is 43.3 Å². The van der Waals surface area contributed by atoms with Crippen LogP contribution in [0.5, 0.6) is 0 Å². The molecule has 0 radical (unpaired) electrons. The monoisotopic (exact) mass is 554 g/mol. The van der Waals surface area contributed by atoms with Crippen LogP contribution >= 0.6 is 11.8 Å². The van der Waals surface area contributed by atoms with Gasteiger partial charge in [0, 0.05) is 25.0 Å². The lowest BCUT2D eigenvalue weighted by molar-refractivity contribution is -0.139. The van der Waals surface area contributed by atoms with Crippen LogP contribution in [0.3, 0.4) is 0 Å². The number of nitrogens with zero attached hydrogens (tertiary/aromatic N) is 2. The fourth-order valence-corrected chi connectivity index (χ4v) is 3.67. The zero-order valence-electron chi connectivity index (χ0n) is 21.3. The summed E-state index contributed by atoms with van der Waals surface area (Å²) in [6.07, 6.45) is -0.516. The van der Waals surface area contributed by atoms with Crippen molar-refractivity contribution < 1.29 is 43.8 Å². The molecule has 1 aromatic carbocycles. The van der Waals surface area contributed by atoms with E-state index in [4.69, 9.17) is 25.5 Å². The maximum absolute atomic E-state index is 12.6. The Hall–Kier alpha value is -3.65. The molecule has 0 bridgehead atoms. The number of benzene rings is 1. The smallest absolute Gasteiger partial charge is 0.413 e. The van der Waals surface area contributed by atoms with Gasteiger partial charge in [0.25, 0.3) is 5.91 Å². The van der Waals surface area contributed by atoms with Crippen molar-refractivity contribution in [1.29, 1.82) is 0 Å². The number of nitrogens with two attached hydrogens (primary N) is 1. The van der Waals surface area contributed by atoms with Crippen molar-refractivity contribution in [3.05, 3.63) is 35.9 Å². The highest BCUT2D eigenvalue weighted by Crippen LogP contribution is 2.10. The molecule has 0 fully saturated rings. The summed E-state index contributed by atoms with van der Waals surface area (Å²) in [5, 5.41) is 24.3. The number of rotatable bonds is 17. The van der Waals surface area contributed by atoms with Gasteiger partial charge in [0.05, 0.1) is 6.61 Å². The third kappa shape index (κ3) is 12.5. The van der Waals surface area contributed by atoms with Crippen LogP contribution in [-0.2, 0) is 35.4 Å². The first-order chi connectivity index (χ1) is 18.1. The summed E-state index contributed by atoms with van der Waals surface area (Å²) in [7, 11) is 1.03. The van der Waals surface area contributed by atoms with Crippen molar-refractivity contribution in [2.24, 2.45) is 10.9 Å². The van der Waals surface area contributed by atoms with Crippen LogP contribution in [0.4, 0.5) is 4.79 Å². The number of carboxylic acids is 1. The summed E-state index contributed by atoms with van der Waals surface area (Å²) in [5.74, 6) is -3.74. The Bertz CT molecular complexity index is 975. The second-order valence-electron chi connectivity index (χ2n) is 8.08. The highest BCUT2D eigenvalue weighted by Gasteiger charge is 2.28. The molecule has 14 heteroatoms. The second kappa shape index (κ2) is 17.7. The van der Waals surface area contributed by atoms with Crippen LogP contribution in [0.25, 0.3) is 0 Å². The lowest BCUT2D eigenvalue weighted by atomic mass is 10.1. The fourth-order valence-electron chi connectivity index (χ4n) is 2.73. The number of carbonyl (C=O) groups is 5. The van der Waals surface area contributed by atoms with Crippen LogP contribution in [0.15, 0.2) is 35.5 Å². The number of hydrogen-bond donors (Lipinski definition) is 4. The Morgan fingerprint density at radius 3 is 2.45 bits per heavy atom. The van der Waals surface area contributed by atoms with Crippen LogP contribution in [-0.4, -0.2) is 87.9 Å². The van der Waals surface area contributed by atoms with Crippen molar-refractivity contribution >= 4 is 47.3 Å². The predicted molar refractivity (Wildman–Crippen MR) is 139 cm³/mol. The van der Waals surface area contributed by atoms with Gasteiger partial charge in [-0.1, -0.05) is 48.8 Å². The van der Waals surface area contributed by atoms with Gasteiger partial charge in [0.1, 0.15) is 18.7 Å². The molecule has 0 aliphatic rings. The minimum atomic E-state index is -1.52. The molecule has 13 nitrogen and oxygen atoms in total. The van der Waals surface area contributed by atoms with Gasteiger partial charge in [0.15, 0.2) is 5.71 Å². The molecular formula is C24H34N4O9S. The van der Waals surface area contributed by atoms with Gasteiger partial charge >= 0.3 is 18.0 Å². The van der Waals surface area contributed by atoms with E-state index in [2.05, 4.69) is 10.5 Å². The Kier molecular flexibility index (Phi) is 15.1. The van der Waals surface area contributed by atoms with Crippen LogP contribution in [0.1, 0.15) is 38.2 Å². The molecule has 0 heterocycles. The zero-order chi connectivity index (χ0) is 28.5. The van der Waals surface area contributed by atoms with E-state index >= 15 is 0 Å². The minimum absolute atomic E-state index is 0.0555. The molecule has 0 aromatic heterocycles. The second-order valence-corrected chi connectivity index (χ2v) is 9.12. The molecule has 0 spiro atoms. The van der Waals surface area contributed by atoms with Crippen molar-refractivity contribution in [3.8, 4) is 0 Å². The Morgan fingerprint density at radius 2 is 1.84 bits per heavy atom. The zero-order valence-corrected chi connectivity index (χ0v) is 22.1. The van der Waals surface area contributed by atoms with Crippen molar-refractivity contribution in [2.75, 3.05) is 25.2 Å². The van der Waals surface area contributed by atoms with Crippen LogP contribution in [0, 0.1) is 0 Å². The molecule has 1 aromatic rings. The lowest BCUT2D eigenvalue weighted by Gasteiger charge is -2.21. The van der Waals surface area contributed by atoms with Crippen LogP contribution < -0.4 is 11.1 Å². The summed E-state index contributed by atoms with van der Waals surface area (Å²) >= 11 is 1.03. The van der Waals surface area contributed by atoms with Gasteiger partial charge in [-0.05, 0) is 18.4 Å². The maximum atomic E-state index is 12.6. The minimum Gasteiger partial charge on any atom is -0.480 e. The SMILES string of the molecule is CCCCOC(=O)C(CSCC(NC(=O)CCC(N)C(=O)O)C(=O)N(C)C(=O)O)=NOCc1ccccc1. The molecule has 1 rings (SSSR count). The largest absolute Gasteiger partial charge is 0.480 e. The third-order valence-electron chi connectivity index (χ3n) is 4.99. The van der Waals surface area contributed by atoms with E-state index in [9.17, 15) is 24.0 Å². The Balaban J connectivity index is 2.88. The van der Waals surface area contributed by atoms with E-state index in [1.807, 2.05) is 37.3 Å². The van der Waals surface area contributed by atoms with Gasteiger partial charge in [-0.25, -0.2) is 14.5 Å². The average Bonchev–Trinajstić information content (AvgIpc) is 2.89. The summed E-state index contributed by atoms with van der Waals surface area (Å²) in [4.78, 5) is 65.3. The Labute approximate surface area is 224 Å². The van der Waals surface area contributed by atoms with Crippen molar-refractivity contribution in [2.45, 2.75) is 51.3 Å². The van der Waals surface area contributed by atoms with E-state index in [1.54, 1.807) is 0 Å². The molecule has 0 saturated heterocycles. The number of hydrogen-bond acceptors (Lipinski definition) is 10. The average molecular weight is 555 g/mol. The number of unbranched alkanes of at least 4 members (excludes halogenated alkanes) is 1. The third-order valence-corrected chi connectivity index (χ3v) is 6.04. The molecule has 0 saturated carbocycles. The maximum Gasteiger partial charge on any atom is 0.413 e. The molecule has 2 unspecified atom stereocenters. The summed E-state index contributed by atoms with van der Waals surface area (Å²) in [6, 6.07) is 6.60. The highest BCUT2D eigenvalue weighted by molar-refractivity contribution is 8.00. The lowest BCUT2D eigenvalue weighted by Crippen LogP contribution is -2.50. The first-order valence-corrected chi connectivity index (χ1v) is 13.0. The van der Waals surface area contributed by atoms with Gasteiger partial charge in [-0.3, -0.25) is 14.4 Å². The van der Waals surface area contributed by atoms with Crippen molar-refractivity contribution in [1.82, 2.24) is 10.2 Å². The summed E-state index contributed by atoms with van der Waals surface area (Å²) in [5.41, 5.74) is 6.17. The van der Waals surface area contributed by atoms with Gasteiger partial charge < -0.3 is 30.8 Å². The molecule has 5 N–H and O–H groups in total. The molecule has 0 aliphatic heterocycles. The van der Waals surface area contributed by atoms with Crippen molar-refractivity contribution in [3.63, 3.8) is 0 Å².